The molecule has 8 heteroatoms. The quantitative estimate of drug-likeness (QED) is 0.526. The van der Waals surface area contributed by atoms with Crippen molar-refractivity contribution in [1.29, 1.82) is 5.26 Å². The molecule has 178 valence electrons. The molecule has 7 nitrogen and oxygen atoms in total. The molecule has 3 aromatic rings. The normalized spacial score (nSPS) is 18.6. The van der Waals surface area contributed by atoms with Gasteiger partial charge in [-0.2, -0.15) is 5.26 Å². The number of carbonyl (C=O) groups is 2. The molecular formula is C27H26FN5O2. The molecule has 1 aromatic carbocycles. The lowest BCUT2D eigenvalue weighted by atomic mass is 9.88. The highest BCUT2D eigenvalue weighted by molar-refractivity contribution is 5.94. The van der Waals surface area contributed by atoms with Crippen LogP contribution >= 0.6 is 0 Å². The summed E-state index contributed by atoms with van der Waals surface area (Å²) in [5.74, 6) is -0.742. The molecule has 3 heterocycles. The van der Waals surface area contributed by atoms with Gasteiger partial charge in [0.05, 0.1) is 6.07 Å². The number of carbonyl (C=O) groups excluding carboxylic acids is 2. The molecular weight excluding hydrogens is 445 g/mol. The number of nitrogens with zero attached hydrogens (tertiary/aromatic N) is 4. The third-order valence-corrected chi connectivity index (χ3v) is 6.82. The van der Waals surface area contributed by atoms with Gasteiger partial charge in [0.25, 0.3) is 0 Å². The van der Waals surface area contributed by atoms with Crippen LogP contribution in [-0.4, -0.2) is 46.3 Å². The zero-order valence-corrected chi connectivity index (χ0v) is 19.4. The van der Waals surface area contributed by atoms with Gasteiger partial charge in [-0.3, -0.25) is 14.5 Å². The Balaban J connectivity index is 1.39. The number of anilines is 1. The smallest absolute Gasteiger partial charge is 0.240 e. The molecule has 2 unspecified atom stereocenters. The summed E-state index contributed by atoms with van der Waals surface area (Å²) in [6.07, 6.45) is 6.92. The van der Waals surface area contributed by atoms with Gasteiger partial charge >= 0.3 is 0 Å². The van der Waals surface area contributed by atoms with Crippen LogP contribution < -0.4 is 4.90 Å². The van der Waals surface area contributed by atoms with Crippen LogP contribution in [0, 0.1) is 29.0 Å². The second-order valence-electron chi connectivity index (χ2n) is 9.33. The van der Waals surface area contributed by atoms with E-state index in [-0.39, 0.29) is 30.1 Å². The van der Waals surface area contributed by atoms with Crippen molar-refractivity contribution in [2.24, 2.45) is 11.8 Å². The van der Waals surface area contributed by atoms with E-state index in [1.165, 1.54) is 12.1 Å². The molecule has 2 aliphatic rings. The van der Waals surface area contributed by atoms with E-state index < -0.39 is 5.92 Å². The predicted molar refractivity (Wildman–Crippen MR) is 131 cm³/mol. The van der Waals surface area contributed by atoms with Crippen LogP contribution in [0.3, 0.4) is 0 Å². The fraction of sp³-hybridized carbons (Fsp3) is 0.333. The fourth-order valence-corrected chi connectivity index (χ4v) is 4.81. The van der Waals surface area contributed by atoms with Gasteiger partial charge in [-0.1, -0.05) is 25.1 Å². The van der Waals surface area contributed by atoms with E-state index in [2.05, 4.69) is 23.0 Å². The summed E-state index contributed by atoms with van der Waals surface area (Å²) in [5, 5.41) is 10.6. The average molecular weight is 472 g/mol. The topological polar surface area (TPSA) is 93.1 Å². The van der Waals surface area contributed by atoms with Gasteiger partial charge in [-0.15, -0.1) is 0 Å². The maximum Gasteiger partial charge on any atom is 0.240 e. The summed E-state index contributed by atoms with van der Waals surface area (Å²) in [7, 11) is 0. The standard InChI is InChI=1S/C27H26FN5O2/c1-17-15-32(27(35)19(14-29)12-18-2-4-20(28)5-3-18)11-9-22(17)24-13-25(33(16-34)21-6-7-21)31-26-23(24)8-10-30-26/h2-5,8-10,13,16-17,19,21H,6-7,11-12,15H2,1H3,(H,30,31). The van der Waals surface area contributed by atoms with Crippen molar-refractivity contribution < 1.29 is 14.0 Å². The molecule has 0 saturated heterocycles. The van der Waals surface area contributed by atoms with Crippen molar-refractivity contribution in [1.82, 2.24) is 14.9 Å². The van der Waals surface area contributed by atoms with Crippen molar-refractivity contribution in [3.05, 3.63) is 65.6 Å². The number of aromatic amines is 1. The maximum atomic E-state index is 13.2. The highest BCUT2D eigenvalue weighted by atomic mass is 19.1. The van der Waals surface area contributed by atoms with Crippen LogP contribution in [0.1, 0.15) is 30.9 Å². The largest absolute Gasteiger partial charge is 0.346 e. The lowest BCUT2D eigenvalue weighted by molar-refractivity contribution is -0.133. The molecule has 0 radical (unpaired) electrons. The van der Waals surface area contributed by atoms with Gasteiger partial charge in [-0.25, -0.2) is 9.37 Å². The monoisotopic (exact) mass is 471 g/mol. The van der Waals surface area contributed by atoms with E-state index in [0.29, 0.717) is 18.9 Å². The highest BCUT2D eigenvalue weighted by Gasteiger charge is 2.32. The van der Waals surface area contributed by atoms with E-state index in [1.807, 2.05) is 24.4 Å². The van der Waals surface area contributed by atoms with Gasteiger partial charge < -0.3 is 9.88 Å². The molecule has 1 fully saturated rings. The van der Waals surface area contributed by atoms with Crippen LogP contribution in [0.5, 0.6) is 0 Å². The summed E-state index contributed by atoms with van der Waals surface area (Å²) in [6, 6.07) is 12.2. The molecule has 2 atom stereocenters. The number of fused-ring (bicyclic) bond motifs is 1. The van der Waals surface area contributed by atoms with E-state index >= 15 is 0 Å². The Bertz CT molecular complexity index is 1340. The molecule has 0 bridgehead atoms. The number of rotatable bonds is 7. The molecule has 2 amide bonds. The molecule has 1 aliphatic carbocycles. The minimum atomic E-state index is -0.828. The molecule has 2 aromatic heterocycles. The number of pyridine rings is 1. The van der Waals surface area contributed by atoms with Gasteiger partial charge in [-0.05, 0) is 66.1 Å². The van der Waals surface area contributed by atoms with Crippen molar-refractivity contribution in [2.45, 2.75) is 32.2 Å². The van der Waals surface area contributed by atoms with Gasteiger partial charge in [0.15, 0.2) is 0 Å². The maximum absolute atomic E-state index is 13.2. The summed E-state index contributed by atoms with van der Waals surface area (Å²) >= 11 is 0. The number of nitrogens with one attached hydrogen (secondary N) is 1. The fourth-order valence-electron chi connectivity index (χ4n) is 4.81. The number of amides is 2. The second-order valence-corrected chi connectivity index (χ2v) is 9.33. The summed E-state index contributed by atoms with van der Waals surface area (Å²) in [4.78, 5) is 36.1. The Kier molecular flexibility index (Phi) is 6.08. The molecule has 5 rings (SSSR count). The van der Waals surface area contributed by atoms with E-state index in [9.17, 15) is 19.2 Å². The van der Waals surface area contributed by atoms with Crippen LogP contribution in [0.25, 0.3) is 16.6 Å². The van der Waals surface area contributed by atoms with Gasteiger partial charge in [0, 0.05) is 30.7 Å². The first-order chi connectivity index (χ1) is 17.0. The lowest BCUT2D eigenvalue weighted by Crippen LogP contribution is -2.42. The van der Waals surface area contributed by atoms with Gasteiger partial charge in [0.1, 0.15) is 23.2 Å². The first-order valence-electron chi connectivity index (χ1n) is 11.8. The number of benzene rings is 1. The van der Waals surface area contributed by atoms with Crippen LogP contribution in [0.2, 0.25) is 0 Å². The van der Waals surface area contributed by atoms with Crippen LogP contribution in [0.15, 0.2) is 48.7 Å². The van der Waals surface area contributed by atoms with E-state index in [1.54, 1.807) is 21.9 Å². The number of hydrogen-bond acceptors (Lipinski definition) is 4. The third-order valence-electron chi connectivity index (χ3n) is 6.82. The Labute approximate surface area is 202 Å². The summed E-state index contributed by atoms with van der Waals surface area (Å²) in [6.45, 7) is 2.93. The van der Waals surface area contributed by atoms with Crippen molar-refractivity contribution in [3.63, 3.8) is 0 Å². The molecule has 1 saturated carbocycles. The Morgan fingerprint density at radius 1 is 1.34 bits per heavy atom. The number of halogens is 1. The molecule has 1 N–H and O–H groups in total. The highest BCUT2D eigenvalue weighted by Crippen LogP contribution is 2.37. The zero-order chi connectivity index (χ0) is 24.5. The minimum absolute atomic E-state index is 0.0248. The first-order valence-corrected chi connectivity index (χ1v) is 11.8. The molecule has 1 aliphatic heterocycles. The lowest BCUT2D eigenvalue weighted by Gasteiger charge is -2.33. The molecule has 35 heavy (non-hydrogen) atoms. The number of aromatic nitrogens is 2. The zero-order valence-electron chi connectivity index (χ0n) is 19.4. The Hall–Kier alpha value is -3.99. The van der Waals surface area contributed by atoms with E-state index in [4.69, 9.17) is 0 Å². The number of hydrogen-bond donors (Lipinski definition) is 1. The van der Waals surface area contributed by atoms with Gasteiger partial charge in [0.2, 0.25) is 12.3 Å². The van der Waals surface area contributed by atoms with Crippen molar-refractivity contribution in [3.8, 4) is 6.07 Å². The Morgan fingerprint density at radius 2 is 2.11 bits per heavy atom. The molecule has 0 spiro atoms. The average Bonchev–Trinajstić information content (AvgIpc) is 3.58. The number of H-pyrrole nitrogens is 1. The summed E-state index contributed by atoms with van der Waals surface area (Å²) < 4.78 is 13.2. The number of nitriles is 1. The SMILES string of the molecule is CC1CN(C(=O)C(C#N)Cc2ccc(F)cc2)CC=C1c1cc(N(C=O)C2CC2)nc2[nH]ccc12. The van der Waals surface area contributed by atoms with E-state index in [0.717, 1.165) is 47.0 Å². The second kappa shape index (κ2) is 9.34. The predicted octanol–water partition coefficient (Wildman–Crippen LogP) is 4.07. The summed E-state index contributed by atoms with van der Waals surface area (Å²) in [5.41, 5.74) is 3.57. The Morgan fingerprint density at radius 3 is 2.77 bits per heavy atom. The minimum Gasteiger partial charge on any atom is -0.346 e. The first kappa shape index (κ1) is 22.8. The third kappa shape index (κ3) is 4.54. The van der Waals surface area contributed by atoms with Crippen molar-refractivity contribution in [2.75, 3.05) is 18.0 Å². The van der Waals surface area contributed by atoms with Crippen LogP contribution in [0.4, 0.5) is 10.2 Å². The van der Waals surface area contributed by atoms with Crippen LogP contribution in [-0.2, 0) is 16.0 Å². The van der Waals surface area contributed by atoms with Crippen molar-refractivity contribution >= 4 is 34.7 Å².